The molecule has 0 atom stereocenters. The number of hydrogen-bond acceptors (Lipinski definition) is 4. The highest BCUT2D eigenvalue weighted by Crippen LogP contribution is 2.25. The van der Waals surface area contributed by atoms with Gasteiger partial charge in [0.15, 0.2) is 0 Å². The van der Waals surface area contributed by atoms with Crippen molar-refractivity contribution >= 4 is 28.7 Å². The van der Waals surface area contributed by atoms with E-state index in [-0.39, 0.29) is 5.56 Å². The minimum Gasteiger partial charge on any atom is -0.478 e. The summed E-state index contributed by atoms with van der Waals surface area (Å²) in [6.07, 6.45) is 0. The van der Waals surface area contributed by atoms with Crippen molar-refractivity contribution in [3.05, 3.63) is 45.6 Å². The van der Waals surface area contributed by atoms with Crippen LogP contribution in [0, 0.1) is 6.92 Å². The standard InChI is InChI=1S/C13H14N2O2S/c1-8-5-6-18-11(8)7-15-12-9(13(16)17)3-2-4-10(12)14/h2-6,15H,7,14H2,1H3,(H,16,17). The van der Waals surface area contributed by atoms with Crippen LogP contribution in [0.25, 0.3) is 0 Å². The second-order valence-corrected chi connectivity index (χ2v) is 4.96. The monoisotopic (exact) mass is 262 g/mol. The van der Waals surface area contributed by atoms with Crippen LogP contribution in [-0.2, 0) is 6.54 Å². The molecule has 0 aliphatic carbocycles. The lowest BCUT2D eigenvalue weighted by atomic mass is 10.1. The smallest absolute Gasteiger partial charge is 0.337 e. The molecular weight excluding hydrogens is 248 g/mol. The molecular formula is C13H14N2O2S. The van der Waals surface area contributed by atoms with E-state index >= 15 is 0 Å². The average Bonchev–Trinajstić information content (AvgIpc) is 2.73. The zero-order chi connectivity index (χ0) is 13.1. The Bertz CT molecular complexity index is 578. The predicted octanol–water partition coefficient (Wildman–Crippen LogP) is 2.95. The van der Waals surface area contributed by atoms with Gasteiger partial charge >= 0.3 is 5.97 Å². The summed E-state index contributed by atoms with van der Waals surface area (Å²) >= 11 is 1.64. The van der Waals surface area contributed by atoms with Crippen molar-refractivity contribution in [1.82, 2.24) is 0 Å². The normalized spacial score (nSPS) is 10.3. The molecule has 0 amide bonds. The lowest BCUT2D eigenvalue weighted by Crippen LogP contribution is -2.08. The van der Waals surface area contributed by atoms with Crippen LogP contribution in [-0.4, -0.2) is 11.1 Å². The number of rotatable bonds is 4. The molecule has 0 radical (unpaired) electrons. The van der Waals surface area contributed by atoms with Gasteiger partial charge in [-0.1, -0.05) is 6.07 Å². The summed E-state index contributed by atoms with van der Waals surface area (Å²) in [6, 6.07) is 6.91. The summed E-state index contributed by atoms with van der Waals surface area (Å²) in [4.78, 5) is 12.3. The van der Waals surface area contributed by atoms with Gasteiger partial charge < -0.3 is 16.2 Å². The van der Waals surface area contributed by atoms with Crippen LogP contribution in [0.4, 0.5) is 11.4 Å². The van der Waals surface area contributed by atoms with Gasteiger partial charge in [0.1, 0.15) is 0 Å². The number of aromatic carboxylic acids is 1. The van der Waals surface area contributed by atoms with Crippen LogP contribution < -0.4 is 11.1 Å². The van der Waals surface area contributed by atoms with Gasteiger partial charge in [-0.05, 0) is 36.1 Å². The van der Waals surface area contributed by atoms with E-state index in [2.05, 4.69) is 5.32 Å². The highest BCUT2D eigenvalue weighted by molar-refractivity contribution is 7.10. The van der Waals surface area contributed by atoms with Gasteiger partial charge in [0.25, 0.3) is 0 Å². The fourth-order valence-electron chi connectivity index (χ4n) is 1.70. The number of carbonyl (C=O) groups is 1. The summed E-state index contributed by atoms with van der Waals surface area (Å²) in [7, 11) is 0. The Balaban J connectivity index is 2.24. The molecule has 1 aromatic carbocycles. The van der Waals surface area contributed by atoms with Crippen molar-refractivity contribution in [2.24, 2.45) is 0 Å². The first-order valence-corrected chi connectivity index (χ1v) is 6.36. The Hall–Kier alpha value is -2.01. The van der Waals surface area contributed by atoms with E-state index in [9.17, 15) is 4.79 Å². The van der Waals surface area contributed by atoms with Gasteiger partial charge in [-0.25, -0.2) is 4.79 Å². The zero-order valence-corrected chi connectivity index (χ0v) is 10.8. The number of carboxylic acids is 1. The van der Waals surface area contributed by atoms with Crippen LogP contribution in [0.1, 0.15) is 20.8 Å². The van der Waals surface area contributed by atoms with E-state index in [4.69, 9.17) is 10.8 Å². The molecule has 0 aliphatic rings. The maximum atomic E-state index is 11.1. The van der Waals surface area contributed by atoms with Gasteiger partial charge in [0.05, 0.1) is 16.9 Å². The maximum absolute atomic E-state index is 11.1. The fraction of sp³-hybridized carbons (Fsp3) is 0.154. The molecule has 5 heteroatoms. The fourth-order valence-corrected chi connectivity index (χ4v) is 2.55. The molecule has 2 aromatic rings. The lowest BCUT2D eigenvalue weighted by molar-refractivity contribution is 0.0698. The van der Waals surface area contributed by atoms with Crippen molar-refractivity contribution in [1.29, 1.82) is 0 Å². The molecule has 4 nitrogen and oxygen atoms in total. The van der Waals surface area contributed by atoms with Crippen molar-refractivity contribution in [2.45, 2.75) is 13.5 Å². The number of aryl methyl sites for hydroxylation is 1. The molecule has 0 fully saturated rings. The highest BCUT2D eigenvalue weighted by atomic mass is 32.1. The van der Waals surface area contributed by atoms with Crippen molar-refractivity contribution in [2.75, 3.05) is 11.1 Å². The number of nitrogen functional groups attached to an aromatic ring is 1. The number of nitrogens with two attached hydrogens (primary N) is 1. The molecule has 0 spiro atoms. The van der Waals surface area contributed by atoms with E-state index in [1.807, 2.05) is 18.4 Å². The molecule has 0 bridgehead atoms. The Labute approximate surface area is 109 Å². The van der Waals surface area contributed by atoms with Crippen LogP contribution in [0.15, 0.2) is 29.6 Å². The summed E-state index contributed by atoms with van der Waals surface area (Å²) in [5, 5.41) is 14.2. The number of thiophene rings is 1. The molecule has 0 saturated carbocycles. The SMILES string of the molecule is Cc1ccsc1CNc1c(N)cccc1C(=O)O. The molecule has 0 saturated heterocycles. The van der Waals surface area contributed by atoms with Gasteiger partial charge in [-0.15, -0.1) is 11.3 Å². The first-order chi connectivity index (χ1) is 8.59. The van der Waals surface area contributed by atoms with Crippen LogP contribution >= 0.6 is 11.3 Å². The van der Waals surface area contributed by atoms with Gasteiger partial charge in [-0.3, -0.25) is 0 Å². The minimum atomic E-state index is -0.979. The number of nitrogens with one attached hydrogen (secondary N) is 1. The van der Waals surface area contributed by atoms with Crippen LogP contribution in [0.2, 0.25) is 0 Å². The highest BCUT2D eigenvalue weighted by Gasteiger charge is 2.12. The van der Waals surface area contributed by atoms with Crippen LogP contribution in [0.5, 0.6) is 0 Å². The summed E-state index contributed by atoms with van der Waals surface area (Å²) in [5.41, 5.74) is 8.14. The third kappa shape index (κ3) is 2.46. The molecule has 0 aliphatic heterocycles. The number of anilines is 2. The van der Waals surface area contributed by atoms with E-state index in [1.165, 1.54) is 10.4 Å². The van der Waals surface area contributed by atoms with Crippen LogP contribution in [0.3, 0.4) is 0 Å². The van der Waals surface area contributed by atoms with Crippen molar-refractivity contribution in [3.63, 3.8) is 0 Å². The summed E-state index contributed by atoms with van der Waals surface area (Å²) < 4.78 is 0. The van der Waals surface area contributed by atoms with E-state index in [0.29, 0.717) is 17.9 Å². The Morgan fingerprint density at radius 2 is 2.22 bits per heavy atom. The lowest BCUT2D eigenvalue weighted by Gasteiger charge is -2.11. The molecule has 1 heterocycles. The minimum absolute atomic E-state index is 0.198. The predicted molar refractivity (Wildman–Crippen MR) is 74.2 cm³/mol. The quantitative estimate of drug-likeness (QED) is 0.740. The second-order valence-electron chi connectivity index (χ2n) is 3.96. The van der Waals surface area contributed by atoms with E-state index < -0.39 is 5.97 Å². The van der Waals surface area contributed by atoms with Gasteiger partial charge in [-0.2, -0.15) is 0 Å². The number of para-hydroxylation sites is 1. The number of carboxylic acid groups (broad SMARTS) is 1. The third-order valence-electron chi connectivity index (χ3n) is 2.72. The molecule has 4 N–H and O–H groups in total. The third-order valence-corrected chi connectivity index (χ3v) is 3.74. The summed E-state index contributed by atoms with van der Waals surface area (Å²) in [6.45, 7) is 2.61. The first kappa shape index (κ1) is 12.4. The second kappa shape index (κ2) is 5.10. The summed E-state index contributed by atoms with van der Waals surface area (Å²) in [5.74, 6) is -0.979. The number of benzene rings is 1. The largest absolute Gasteiger partial charge is 0.478 e. The molecule has 18 heavy (non-hydrogen) atoms. The Morgan fingerprint density at radius 3 is 2.83 bits per heavy atom. The van der Waals surface area contributed by atoms with E-state index in [1.54, 1.807) is 29.5 Å². The van der Waals surface area contributed by atoms with Gasteiger partial charge in [0.2, 0.25) is 0 Å². The van der Waals surface area contributed by atoms with E-state index in [0.717, 1.165) is 0 Å². The Kier molecular flexibility index (Phi) is 3.53. The molecule has 2 rings (SSSR count). The van der Waals surface area contributed by atoms with Gasteiger partial charge in [0, 0.05) is 11.4 Å². The Morgan fingerprint density at radius 1 is 1.44 bits per heavy atom. The first-order valence-electron chi connectivity index (χ1n) is 5.48. The van der Waals surface area contributed by atoms with Crippen molar-refractivity contribution in [3.8, 4) is 0 Å². The molecule has 94 valence electrons. The zero-order valence-electron chi connectivity index (χ0n) is 9.93. The van der Waals surface area contributed by atoms with Crippen molar-refractivity contribution < 1.29 is 9.90 Å². The average molecular weight is 262 g/mol. The topological polar surface area (TPSA) is 75.3 Å². The molecule has 1 aromatic heterocycles. The molecule has 0 unspecified atom stereocenters. The number of hydrogen-bond donors (Lipinski definition) is 3. The maximum Gasteiger partial charge on any atom is 0.337 e.